The van der Waals surface area contributed by atoms with E-state index >= 15 is 0 Å². The fraction of sp³-hybridized carbons (Fsp3) is 0.300. The van der Waals surface area contributed by atoms with Crippen molar-refractivity contribution in [3.63, 3.8) is 0 Å². The molecule has 5 nitrogen and oxygen atoms in total. The monoisotopic (exact) mass is 341 g/mol. The number of rotatable bonds is 9. The zero-order chi connectivity index (χ0) is 18.1. The second-order valence-electron chi connectivity index (χ2n) is 5.93. The number of carbonyl (C=O) groups is 2. The van der Waals surface area contributed by atoms with E-state index in [1.54, 1.807) is 0 Å². The highest BCUT2D eigenvalue weighted by molar-refractivity contribution is 5.85. The third kappa shape index (κ3) is 6.04. The molecular weight excluding hydrogens is 318 g/mol. The summed E-state index contributed by atoms with van der Waals surface area (Å²) in [5.41, 5.74) is 2.08. The van der Waals surface area contributed by atoms with E-state index in [-0.39, 0.29) is 18.4 Å². The lowest BCUT2D eigenvalue weighted by atomic mass is 9.91. The number of carbonyl (C=O) groups excluding carboxylic acids is 1. The van der Waals surface area contributed by atoms with Crippen LogP contribution in [0.5, 0.6) is 0 Å². The van der Waals surface area contributed by atoms with Crippen LogP contribution in [-0.2, 0) is 27.2 Å². The second kappa shape index (κ2) is 9.59. The Bertz CT molecular complexity index is 631. The Labute approximate surface area is 147 Å². The molecule has 0 radical (unpaired) electrons. The van der Waals surface area contributed by atoms with E-state index in [9.17, 15) is 14.7 Å². The molecule has 0 heterocycles. The molecule has 5 heteroatoms. The van der Waals surface area contributed by atoms with Gasteiger partial charge in [-0.2, -0.15) is 0 Å². The van der Waals surface area contributed by atoms with Crippen molar-refractivity contribution >= 4 is 11.9 Å². The Hall–Kier alpha value is -2.66. The summed E-state index contributed by atoms with van der Waals surface area (Å²) >= 11 is 0. The summed E-state index contributed by atoms with van der Waals surface area (Å²) in [5, 5.41) is 11.8. The SMILES string of the molecule is COCC(NC(=O)C(Cc1ccccc1)Cc1ccccc1)C(=O)O. The smallest absolute Gasteiger partial charge is 0.328 e. The van der Waals surface area contributed by atoms with Gasteiger partial charge in [0, 0.05) is 13.0 Å². The van der Waals surface area contributed by atoms with Gasteiger partial charge in [0.1, 0.15) is 0 Å². The summed E-state index contributed by atoms with van der Waals surface area (Å²) in [6.07, 6.45) is 1.09. The molecule has 0 saturated heterocycles. The van der Waals surface area contributed by atoms with Crippen LogP contribution in [0.1, 0.15) is 11.1 Å². The molecule has 25 heavy (non-hydrogen) atoms. The number of benzene rings is 2. The molecule has 0 saturated carbocycles. The van der Waals surface area contributed by atoms with Gasteiger partial charge >= 0.3 is 5.97 Å². The van der Waals surface area contributed by atoms with Gasteiger partial charge in [0.2, 0.25) is 5.91 Å². The quantitative estimate of drug-likeness (QED) is 0.734. The van der Waals surface area contributed by atoms with Crippen LogP contribution in [0.4, 0.5) is 0 Å². The number of hydrogen-bond acceptors (Lipinski definition) is 3. The Morgan fingerprint density at radius 3 is 1.84 bits per heavy atom. The molecule has 2 aromatic carbocycles. The minimum Gasteiger partial charge on any atom is -0.480 e. The number of amides is 1. The number of nitrogens with one attached hydrogen (secondary N) is 1. The third-order valence-corrected chi connectivity index (χ3v) is 3.97. The van der Waals surface area contributed by atoms with Crippen LogP contribution in [0.2, 0.25) is 0 Å². The van der Waals surface area contributed by atoms with Gasteiger partial charge in [-0.05, 0) is 24.0 Å². The van der Waals surface area contributed by atoms with E-state index in [0.717, 1.165) is 11.1 Å². The predicted molar refractivity (Wildman–Crippen MR) is 95.2 cm³/mol. The molecule has 0 aliphatic heterocycles. The van der Waals surface area contributed by atoms with Gasteiger partial charge in [-0.15, -0.1) is 0 Å². The maximum Gasteiger partial charge on any atom is 0.328 e. The fourth-order valence-electron chi connectivity index (χ4n) is 2.69. The maximum absolute atomic E-state index is 12.7. The van der Waals surface area contributed by atoms with E-state index in [0.29, 0.717) is 12.8 Å². The van der Waals surface area contributed by atoms with Gasteiger partial charge < -0.3 is 15.2 Å². The van der Waals surface area contributed by atoms with Crippen molar-refractivity contribution in [1.29, 1.82) is 0 Å². The summed E-state index contributed by atoms with van der Waals surface area (Å²) < 4.78 is 4.89. The average Bonchev–Trinajstić information content (AvgIpc) is 2.62. The summed E-state index contributed by atoms with van der Waals surface area (Å²) in [5.74, 6) is -1.74. The summed E-state index contributed by atoms with van der Waals surface area (Å²) in [4.78, 5) is 24.0. The molecule has 0 bridgehead atoms. The highest BCUT2D eigenvalue weighted by Gasteiger charge is 2.25. The summed E-state index contributed by atoms with van der Waals surface area (Å²) in [6.45, 7) is -0.0650. The van der Waals surface area contributed by atoms with Crippen molar-refractivity contribution in [3.8, 4) is 0 Å². The molecular formula is C20H23NO4. The number of aliphatic carboxylic acids is 1. The molecule has 0 aliphatic carbocycles. The van der Waals surface area contributed by atoms with Crippen LogP contribution >= 0.6 is 0 Å². The first-order valence-electron chi connectivity index (χ1n) is 8.20. The number of hydrogen-bond donors (Lipinski definition) is 2. The van der Waals surface area contributed by atoms with Crippen LogP contribution in [0.3, 0.4) is 0 Å². The first-order valence-corrected chi connectivity index (χ1v) is 8.20. The minimum atomic E-state index is -1.10. The van der Waals surface area contributed by atoms with Crippen LogP contribution in [0.15, 0.2) is 60.7 Å². The van der Waals surface area contributed by atoms with Crippen LogP contribution in [-0.4, -0.2) is 36.7 Å². The zero-order valence-electron chi connectivity index (χ0n) is 14.2. The Morgan fingerprint density at radius 1 is 0.960 bits per heavy atom. The lowest BCUT2D eigenvalue weighted by molar-refractivity contribution is -0.144. The summed E-state index contributed by atoms with van der Waals surface area (Å²) in [6, 6.07) is 18.4. The van der Waals surface area contributed by atoms with Gasteiger partial charge in [0.05, 0.1) is 6.61 Å². The summed E-state index contributed by atoms with van der Waals surface area (Å²) in [7, 11) is 1.41. The molecule has 0 spiro atoms. The van der Waals surface area contributed by atoms with Crippen LogP contribution < -0.4 is 5.32 Å². The molecule has 2 N–H and O–H groups in total. The Morgan fingerprint density at radius 2 is 1.44 bits per heavy atom. The lowest BCUT2D eigenvalue weighted by Gasteiger charge is -2.20. The van der Waals surface area contributed by atoms with Crippen molar-refractivity contribution in [2.45, 2.75) is 18.9 Å². The maximum atomic E-state index is 12.7. The molecule has 2 rings (SSSR count). The number of carboxylic acids is 1. The second-order valence-corrected chi connectivity index (χ2v) is 5.93. The Kier molecular flexibility index (Phi) is 7.16. The largest absolute Gasteiger partial charge is 0.480 e. The van der Waals surface area contributed by atoms with Crippen LogP contribution in [0, 0.1) is 5.92 Å². The molecule has 1 unspecified atom stereocenters. The standard InChI is InChI=1S/C20H23NO4/c1-25-14-18(20(23)24)21-19(22)17(12-15-8-4-2-5-9-15)13-16-10-6-3-7-11-16/h2-11,17-18H,12-14H2,1H3,(H,21,22)(H,23,24). The molecule has 132 valence electrons. The molecule has 2 aromatic rings. The average molecular weight is 341 g/mol. The van der Waals surface area contributed by atoms with Gasteiger partial charge in [0.15, 0.2) is 6.04 Å². The Balaban J connectivity index is 2.14. The minimum absolute atomic E-state index is 0.0650. The topological polar surface area (TPSA) is 75.6 Å². The van der Waals surface area contributed by atoms with Crippen molar-refractivity contribution in [3.05, 3.63) is 71.8 Å². The van der Waals surface area contributed by atoms with E-state index in [2.05, 4.69) is 5.32 Å². The fourth-order valence-corrected chi connectivity index (χ4v) is 2.69. The number of carboxylic acid groups (broad SMARTS) is 1. The van der Waals surface area contributed by atoms with Crippen LogP contribution in [0.25, 0.3) is 0 Å². The highest BCUT2D eigenvalue weighted by Crippen LogP contribution is 2.15. The highest BCUT2D eigenvalue weighted by atomic mass is 16.5. The normalized spacial score (nSPS) is 11.9. The van der Waals surface area contributed by atoms with E-state index < -0.39 is 12.0 Å². The van der Waals surface area contributed by atoms with E-state index in [1.807, 2.05) is 60.7 Å². The van der Waals surface area contributed by atoms with Gasteiger partial charge in [-0.25, -0.2) is 4.79 Å². The van der Waals surface area contributed by atoms with Gasteiger partial charge in [-0.3, -0.25) is 4.79 Å². The number of methoxy groups -OCH3 is 1. The van der Waals surface area contributed by atoms with Gasteiger partial charge in [-0.1, -0.05) is 60.7 Å². The molecule has 1 amide bonds. The molecule has 0 aromatic heterocycles. The first kappa shape index (κ1) is 18.7. The van der Waals surface area contributed by atoms with Crippen molar-refractivity contribution in [2.75, 3.05) is 13.7 Å². The third-order valence-electron chi connectivity index (χ3n) is 3.97. The first-order chi connectivity index (χ1) is 12.1. The zero-order valence-corrected chi connectivity index (χ0v) is 14.2. The van der Waals surface area contributed by atoms with Crippen molar-refractivity contribution in [1.82, 2.24) is 5.32 Å². The van der Waals surface area contributed by atoms with E-state index in [4.69, 9.17) is 4.74 Å². The molecule has 0 fully saturated rings. The van der Waals surface area contributed by atoms with Crippen molar-refractivity contribution < 1.29 is 19.4 Å². The van der Waals surface area contributed by atoms with E-state index in [1.165, 1.54) is 7.11 Å². The predicted octanol–water partition coefficient (Wildman–Crippen LogP) is 2.30. The van der Waals surface area contributed by atoms with Gasteiger partial charge in [0.25, 0.3) is 0 Å². The number of ether oxygens (including phenoxy) is 1. The van der Waals surface area contributed by atoms with Crippen molar-refractivity contribution in [2.24, 2.45) is 5.92 Å². The lowest BCUT2D eigenvalue weighted by Crippen LogP contribution is -2.47. The molecule has 0 aliphatic rings. The molecule has 1 atom stereocenters.